The number of hydrogen-bond acceptors (Lipinski definition) is 4. The molecule has 0 atom stereocenters. The van der Waals surface area contributed by atoms with Crippen molar-refractivity contribution in [1.82, 2.24) is 9.80 Å². The van der Waals surface area contributed by atoms with Crippen LogP contribution in [0.5, 0.6) is 0 Å². The number of hydrogen-bond donors (Lipinski definition) is 1. The molecule has 0 aliphatic carbocycles. The number of carbonyl (C=O) groups is 2. The standard InChI is InChI=1S/C19H22ClN3O3/c1-14-15(20)4-2-5-16(14)21-8-7-18(24)22-9-11-23(12-10-22)19(25)17-6-3-13-26-17/h2-6,13,21H,7-12H2,1H3. The third kappa shape index (κ3) is 4.19. The molecule has 1 aromatic carbocycles. The highest BCUT2D eigenvalue weighted by Crippen LogP contribution is 2.22. The van der Waals surface area contributed by atoms with Gasteiger partial charge in [0, 0.05) is 49.9 Å². The van der Waals surface area contributed by atoms with Crippen molar-refractivity contribution < 1.29 is 14.0 Å². The van der Waals surface area contributed by atoms with E-state index in [-0.39, 0.29) is 11.8 Å². The Kier molecular flexibility index (Phi) is 5.83. The summed E-state index contributed by atoms with van der Waals surface area (Å²) < 4.78 is 5.15. The molecule has 0 unspecified atom stereocenters. The Balaban J connectivity index is 1.44. The molecule has 1 N–H and O–H groups in total. The van der Waals surface area contributed by atoms with Gasteiger partial charge in [-0.1, -0.05) is 17.7 Å². The first-order valence-electron chi connectivity index (χ1n) is 8.66. The molecule has 0 saturated carbocycles. The van der Waals surface area contributed by atoms with E-state index in [1.165, 1.54) is 6.26 Å². The fourth-order valence-corrected chi connectivity index (χ4v) is 3.15. The lowest BCUT2D eigenvalue weighted by Gasteiger charge is -2.34. The Morgan fingerprint density at radius 1 is 1.12 bits per heavy atom. The molecule has 2 aromatic rings. The summed E-state index contributed by atoms with van der Waals surface area (Å²) in [5, 5.41) is 3.97. The maximum absolute atomic E-state index is 12.4. The lowest BCUT2D eigenvalue weighted by atomic mass is 10.2. The van der Waals surface area contributed by atoms with Crippen LogP contribution in [-0.2, 0) is 4.79 Å². The predicted molar refractivity (Wildman–Crippen MR) is 100 cm³/mol. The van der Waals surface area contributed by atoms with Gasteiger partial charge in [0.1, 0.15) is 0 Å². The van der Waals surface area contributed by atoms with Gasteiger partial charge < -0.3 is 19.5 Å². The van der Waals surface area contributed by atoms with Crippen LogP contribution < -0.4 is 5.32 Å². The van der Waals surface area contributed by atoms with Gasteiger partial charge in [0.2, 0.25) is 5.91 Å². The Hall–Kier alpha value is -2.47. The SMILES string of the molecule is Cc1c(Cl)cccc1NCCC(=O)N1CCN(C(=O)c2ccco2)CC1. The van der Waals surface area contributed by atoms with Crippen molar-refractivity contribution in [1.29, 1.82) is 0 Å². The quantitative estimate of drug-likeness (QED) is 0.872. The molecule has 6 nitrogen and oxygen atoms in total. The maximum atomic E-state index is 12.4. The zero-order valence-corrected chi connectivity index (χ0v) is 15.5. The van der Waals surface area contributed by atoms with E-state index in [4.69, 9.17) is 16.0 Å². The van der Waals surface area contributed by atoms with E-state index < -0.39 is 0 Å². The second-order valence-electron chi connectivity index (χ2n) is 6.24. The Morgan fingerprint density at radius 2 is 1.85 bits per heavy atom. The van der Waals surface area contributed by atoms with Gasteiger partial charge in [0.25, 0.3) is 5.91 Å². The van der Waals surface area contributed by atoms with Crippen LogP contribution in [0.1, 0.15) is 22.5 Å². The molecular formula is C19H22ClN3O3. The lowest BCUT2D eigenvalue weighted by Crippen LogP contribution is -2.50. The Morgan fingerprint density at radius 3 is 2.54 bits per heavy atom. The molecule has 0 spiro atoms. The van der Waals surface area contributed by atoms with Crippen molar-refractivity contribution in [2.75, 3.05) is 38.0 Å². The third-order valence-electron chi connectivity index (χ3n) is 4.57. The molecule has 2 amide bonds. The fraction of sp³-hybridized carbons (Fsp3) is 0.368. The highest BCUT2D eigenvalue weighted by molar-refractivity contribution is 6.31. The summed E-state index contributed by atoms with van der Waals surface area (Å²) in [6, 6.07) is 9.03. The topological polar surface area (TPSA) is 65.8 Å². The summed E-state index contributed by atoms with van der Waals surface area (Å²) in [6.07, 6.45) is 1.89. The van der Waals surface area contributed by atoms with Crippen molar-refractivity contribution in [2.45, 2.75) is 13.3 Å². The molecule has 1 saturated heterocycles. The molecule has 0 bridgehead atoms. The Labute approximate surface area is 157 Å². The van der Waals surface area contributed by atoms with Gasteiger partial charge in [-0.15, -0.1) is 0 Å². The number of benzene rings is 1. The number of piperazine rings is 1. The van der Waals surface area contributed by atoms with Crippen LogP contribution in [0.2, 0.25) is 5.02 Å². The number of nitrogens with one attached hydrogen (secondary N) is 1. The minimum atomic E-state index is -0.125. The van der Waals surface area contributed by atoms with E-state index in [1.807, 2.05) is 25.1 Å². The van der Waals surface area contributed by atoms with Crippen LogP contribution in [-0.4, -0.2) is 54.3 Å². The van der Waals surface area contributed by atoms with Gasteiger partial charge in [-0.3, -0.25) is 9.59 Å². The van der Waals surface area contributed by atoms with Crippen LogP contribution in [0, 0.1) is 6.92 Å². The first kappa shape index (κ1) is 18.3. The van der Waals surface area contributed by atoms with E-state index >= 15 is 0 Å². The van der Waals surface area contributed by atoms with E-state index in [0.29, 0.717) is 49.9 Å². The van der Waals surface area contributed by atoms with Crippen molar-refractivity contribution in [2.24, 2.45) is 0 Å². The highest BCUT2D eigenvalue weighted by Gasteiger charge is 2.25. The van der Waals surface area contributed by atoms with Crippen LogP contribution in [0.25, 0.3) is 0 Å². The molecular weight excluding hydrogens is 354 g/mol. The summed E-state index contributed by atoms with van der Waals surface area (Å²) in [5.41, 5.74) is 1.92. The lowest BCUT2D eigenvalue weighted by molar-refractivity contribution is -0.132. The fourth-order valence-electron chi connectivity index (χ4n) is 2.98. The molecule has 2 heterocycles. The van der Waals surface area contributed by atoms with Gasteiger partial charge in [-0.2, -0.15) is 0 Å². The second-order valence-corrected chi connectivity index (χ2v) is 6.65. The van der Waals surface area contributed by atoms with Gasteiger partial charge in [-0.05, 0) is 36.8 Å². The van der Waals surface area contributed by atoms with Crippen molar-refractivity contribution >= 4 is 29.1 Å². The summed E-state index contributed by atoms with van der Waals surface area (Å²) in [5.74, 6) is 0.299. The molecule has 1 aliphatic heterocycles. The summed E-state index contributed by atoms with van der Waals surface area (Å²) in [4.78, 5) is 28.1. The summed E-state index contributed by atoms with van der Waals surface area (Å²) in [7, 11) is 0. The van der Waals surface area contributed by atoms with Gasteiger partial charge in [0.05, 0.1) is 6.26 Å². The maximum Gasteiger partial charge on any atom is 0.289 e. The molecule has 26 heavy (non-hydrogen) atoms. The zero-order valence-electron chi connectivity index (χ0n) is 14.7. The zero-order chi connectivity index (χ0) is 18.5. The van der Waals surface area contributed by atoms with Gasteiger partial charge in [0.15, 0.2) is 5.76 Å². The number of amides is 2. The van der Waals surface area contributed by atoms with Gasteiger partial charge >= 0.3 is 0 Å². The molecule has 7 heteroatoms. The van der Waals surface area contributed by atoms with E-state index in [2.05, 4.69) is 5.32 Å². The first-order chi connectivity index (χ1) is 12.6. The molecule has 1 aromatic heterocycles. The number of halogens is 1. The van der Waals surface area contributed by atoms with Crippen molar-refractivity contribution in [3.05, 3.63) is 52.9 Å². The number of carbonyl (C=O) groups excluding carboxylic acids is 2. The molecule has 1 fully saturated rings. The van der Waals surface area contributed by atoms with E-state index in [9.17, 15) is 9.59 Å². The van der Waals surface area contributed by atoms with Crippen LogP contribution in [0.15, 0.2) is 41.0 Å². The van der Waals surface area contributed by atoms with E-state index in [1.54, 1.807) is 21.9 Å². The molecule has 138 valence electrons. The summed E-state index contributed by atoms with van der Waals surface area (Å²) in [6.45, 7) is 4.62. The molecule has 0 radical (unpaired) electrons. The first-order valence-corrected chi connectivity index (χ1v) is 9.03. The van der Waals surface area contributed by atoms with Crippen molar-refractivity contribution in [3.8, 4) is 0 Å². The van der Waals surface area contributed by atoms with Gasteiger partial charge in [-0.25, -0.2) is 0 Å². The van der Waals surface area contributed by atoms with Crippen LogP contribution in [0.4, 0.5) is 5.69 Å². The average molecular weight is 376 g/mol. The number of anilines is 1. The highest BCUT2D eigenvalue weighted by atomic mass is 35.5. The predicted octanol–water partition coefficient (Wildman–Crippen LogP) is 3.03. The molecule has 3 rings (SSSR count). The second kappa shape index (κ2) is 8.27. The largest absolute Gasteiger partial charge is 0.459 e. The smallest absolute Gasteiger partial charge is 0.289 e. The number of nitrogens with zero attached hydrogens (tertiary/aromatic N) is 2. The van der Waals surface area contributed by atoms with Crippen LogP contribution in [0.3, 0.4) is 0 Å². The normalized spacial score (nSPS) is 14.4. The van der Waals surface area contributed by atoms with Crippen molar-refractivity contribution in [3.63, 3.8) is 0 Å². The third-order valence-corrected chi connectivity index (χ3v) is 4.98. The van der Waals surface area contributed by atoms with Crippen LogP contribution >= 0.6 is 11.6 Å². The number of furan rings is 1. The Bertz CT molecular complexity index is 768. The minimum Gasteiger partial charge on any atom is -0.459 e. The number of rotatable bonds is 5. The monoisotopic (exact) mass is 375 g/mol. The molecule has 1 aliphatic rings. The van der Waals surface area contributed by atoms with E-state index in [0.717, 1.165) is 11.3 Å². The minimum absolute atomic E-state index is 0.0854. The average Bonchev–Trinajstić information content (AvgIpc) is 3.19. The summed E-state index contributed by atoms with van der Waals surface area (Å²) >= 11 is 6.10.